The molecule has 2 fully saturated rings. The zero-order valence-corrected chi connectivity index (χ0v) is 14.6. The first-order valence-electron chi connectivity index (χ1n) is 9.33. The van der Waals surface area contributed by atoms with E-state index in [4.69, 9.17) is 0 Å². The fourth-order valence-electron chi connectivity index (χ4n) is 3.61. The molecular formula is C18H27N5O2. The third kappa shape index (κ3) is 5.14. The number of carbonyl (C=O) groups excluding carboxylic acids is 2. The molecule has 1 aliphatic carbocycles. The van der Waals surface area contributed by atoms with Gasteiger partial charge in [-0.25, -0.2) is 9.97 Å². The van der Waals surface area contributed by atoms with Gasteiger partial charge in [0.25, 0.3) is 0 Å². The zero-order valence-electron chi connectivity index (χ0n) is 14.6. The fraction of sp³-hybridized carbons (Fsp3) is 0.667. The first-order chi connectivity index (χ1) is 12.2. The van der Waals surface area contributed by atoms with E-state index in [1.807, 2.05) is 6.07 Å². The van der Waals surface area contributed by atoms with Gasteiger partial charge in [-0.1, -0.05) is 19.3 Å². The lowest BCUT2D eigenvalue weighted by molar-refractivity contribution is -0.139. The van der Waals surface area contributed by atoms with Crippen molar-refractivity contribution in [1.82, 2.24) is 20.6 Å². The molecule has 2 amide bonds. The summed E-state index contributed by atoms with van der Waals surface area (Å²) >= 11 is 0. The molecular weight excluding hydrogens is 318 g/mol. The predicted octanol–water partition coefficient (Wildman–Crippen LogP) is 1.26. The van der Waals surface area contributed by atoms with Gasteiger partial charge >= 0.3 is 11.8 Å². The highest BCUT2D eigenvalue weighted by atomic mass is 16.2. The third-order valence-electron chi connectivity index (χ3n) is 5.15. The van der Waals surface area contributed by atoms with Crippen molar-refractivity contribution >= 4 is 17.8 Å². The summed E-state index contributed by atoms with van der Waals surface area (Å²) in [6.45, 7) is 2.30. The molecule has 3 rings (SSSR count). The number of rotatable bonds is 4. The molecule has 0 bridgehead atoms. The van der Waals surface area contributed by atoms with Crippen LogP contribution in [0.3, 0.4) is 0 Å². The molecule has 1 saturated heterocycles. The molecule has 7 heteroatoms. The highest BCUT2D eigenvalue weighted by Gasteiger charge is 2.24. The molecule has 2 N–H and O–H groups in total. The van der Waals surface area contributed by atoms with Crippen LogP contribution in [0.15, 0.2) is 18.5 Å². The van der Waals surface area contributed by atoms with Crippen LogP contribution in [0.25, 0.3) is 0 Å². The Morgan fingerprint density at radius 2 is 1.68 bits per heavy atom. The summed E-state index contributed by atoms with van der Waals surface area (Å²) in [5.41, 5.74) is 0. The van der Waals surface area contributed by atoms with Crippen molar-refractivity contribution in [2.45, 2.75) is 51.0 Å². The number of hydrogen-bond acceptors (Lipinski definition) is 5. The van der Waals surface area contributed by atoms with Crippen LogP contribution in [0, 0.1) is 5.92 Å². The van der Waals surface area contributed by atoms with Crippen molar-refractivity contribution in [2.75, 3.05) is 24.5 Å². The summed E-state index contributed by atoms with van der Waals surface area (Å²) < 4.78 is 0. The van der Waals surface area contributed by atoms with Gasteiger partial charge in [-0.05, 0) is 37.7 Å². The van der Waals surface area contributed by atoms with Crippen LogP contribution >= 0.6 is 0 Å². The quantitative estimate of drug-likeness (QED) is 0.802. The normalized spacial score (nSPS) is 19.4. The van der Waals surface area contributed by atoms with Gasteiger partial charge < -0.3 is 15.5 Å². The summed E-state index contributed by atoms with van der Waals surface area (Å²) in [6, 6.07) is 1.98. The second-order valence-electron chi connectivity index (χ2n) is 7.00. The van der Waals surface area contributed by atoms with Gasteiger partial charge in [-0.3, -0.25) is 9.59 Å². The molecule has 1 aliphatic heterocycles. The number of amides is 2. The highest BCUT2D eigenvalue weighted by Crippen LogP contribution is 2.20. The number of nitrogens with one attached hydrogen (secondary N) is 2. The molecule has 0 radical (unpaired) electrons. The van der Waals surface area contributed by atoms with Gasteiger partial charge in [0.05, 0.1) is 0 Å². The van der Waals surface area contributed by atoms with E-state index >= 15 is 0 Å². The second-order valence-corrected chi connectivity index (χ2v) is 7.00. The minimum Gasteiger partial charge on any atom is -0.348 e. The second kappa shape index (κ2) is 8.78. The summed E-state index contributed by atoms with van der Waals surface area (Å²) in [5.74, 6) is 0.171. The first kappa shape index (κ1) is 17.6. The largest absolute Gasteiger partial charge is 0.348 e. The van der Waals surface area contributed by atoms with E-state index in [1.54, 1.807) is 12.4 Å². The van der Waals surface area contributed by atoms with E-state index in [0.717, 1.165) is 57.6 Å². The van der Waals surface area contributed by atoms with E-state index < -0.39 is 11.8 Å². The summed E-state index contributed by atoms with van der Waals surface area (Å²) in [5, 5.41) is 5.65. The van der Waals surface area contributed by atoms with Crippen LogP contribution in [-0.2, 0) is 9.59 Å². The number of hydrogen-bond donors (Lipinski definition) is 2. The Kier molecular flexibility index (Phi) is 6.19. The van der Waals surface area contributed by atoms with Gasteiger partial charge in [-0.15, -0.1) is 0 Å². The van der Waals surface area contributed by atoms with Crippen molar-refractivity contribution in [1.29, 1.82) is 0 Å². The molecule has 0 atom stereocenters. The molecule has 25 heavy (non-hydrogen) atoms. The number of anilines is 1. The zero-order chi connectivity index (χ0) is 17.5. The maximum atomic E-state index is 12.0. The minimum absolute atomic E-state index is 0.168. The standard InChI is InChI=1S/C18H27N5O2/c24-16(17(25)22-15-5-2-1-3-6-15)21-13-14-7-11-23(12-8-14)18-19-9-4-10-20-18/h4,9-10,14-15H,1-3,5-8,11-13H2,(H,21,24)(H,22,25). The Labute approximate surface area is 148 Å². The summed E-state index contributed by atoms with van der Waals surface area (Å²) in [4.78, 5) is 34.7. The number of aromatic nitrogens is 2. The minimum atomic E-state index is -0.501. The molecule has 0 unspecified atom stereocenters. The van der Waals surface area contributed by atoms with Crippen LogP contribution in [0.2, 0.25) is 0 Å². The smallest absolute Gasteiger partial charge is 0.309 e. The lowest BCUT2D eigenvalue weighted by Crippen LogP contribution is -2.47. The average molecular weight is 345 g/mol. The molecule has 1 aromatic rings. The molecule has 2 heterocycles. The molecule has 0 spiro atoms. The van der Waals surface area contributed by atoms with Crippen LogP contribution in [0.1, 0.15) is 44.9 Å². The van der Waals surface area contributed by atoms with Gasteiger partial charge in [0.15, 0.2) is 0 Å². The number of piperidine rings is 1. The van der Waals surface area contributed by atoms with E-state index in [0.29, 0.717) is 12.5 Å². The lowest BCUT2D eigenvalue weighted by Gasteiger charge is -2.31. The Hall–Kier alpha value is -2.18. The highest BCUT2D eigenvalue weighted by molar-refractivity contribution is 6.35. The topological polar surface area (TPSA) is 87.2 Å². The average Bonchev–Trinajstić information content (AvgIpc) is 2.68. The monoisotopic (exact) mass is 345 g/mol. The lowest BCUT2D eigenvalue weighted by atomic mass is 9.95. The van der Waals surface area contributed by atoms with E-state index in [1.165, 1.54) is 6.42 Å². The maximum absolute atomic E-state index is 12.0. The number of carbonyl (C=O) groups is 2. The molecule has 1 saturated carbocycles. The van der Waals surface area contributed by atoms with Crippen molar-refractivity contribution in [3.63, 3.8) is 0 Å². The molecule has 136 valence electrons. The van der Waals surface area contributed by atoms with E-state index in [2.05, 4.69) is 25.5 Å². The van der Waals surface area contributed by atoms with Crippen LogP contribution in [0.4, 0.5) is 5.95 Å². The van der Waals surface area contributed by atoms with Gasteiger partial charge in [0.1, 0.15) is 0 Å². The van der Waals surface area contributed by atoms with Crippen molar-refractivity contribution in [3.05, 3.63) is 18.5 Å². The van der Waals surface area contributed by atoms with E-state index in [-0.39, 0.29) is 6.04 Å². The van der Waals surface area contributed by atoms with Crippen molar-refractivity contribution < 1.29 is 9.59 Å². The van der Waals surface area contributed by atoms with Crippen LogP contribution in [0.5, 0.6) is 0 Å². The maximum Gasteiger partial charge on any atom is 0.309 e. The summed E-state index contributed by atoms with van der Waals surface area (Å²) in [6.07, 6.45) is 10.9. The van der Waals surface area contributed by atoms with Gasteiger partial charge in [-0.2, -0.15) is 0 Å². The Morgan fingerprint density at radius 3 is 2.36 bits per heavy atom. The van der Waals surface area contributed by atoms with Gasteiger partial charge in [0, 0.05) is 38.1 Å². The number of nitrogens with zero attached hydrogens (tertiary/aromatic N) is 3. The van der Waals surface area contributed by atoms with Crippen molar-refractivity contribution in [3.8, 4) is 0 Å². The predicted molar refractivity (Wildman–Crippen MR) is 95.0 cm³/mol. The fourth-order valence-corrected chi connectivity index (χ4v) is 3.61. The molecule has 0 aromatic carbocycles. The summed E-state index contributed by atoms with van der Waals surface area (Å²) in [7, 11) is 0. The first-order valence-corrected chi connectivity index (χ1v) is 9.33. The Morgan fingerprint density at radius 1 is 1.00 bits per heavy atom. The van der Waals surface area contributed by atoms with Crippen LogP contribution < -0.4 is 15.5 Å². The molecule has 7 nitrogen and oxygen atoms in total. The van der Waals surface area contributed by atoms with Gasteiger partial charge in [0.2, 0.25) is 5.95 Å². The van der Waals surface area contributed by atoms with Crippen molar-refractivity contribution in [2.24, 2.45) is 5.92 Å². The van der Waals surface area contributed by atoms with E-state index in [9.17, 15) is 9.59 Å². The molecule has 1 aromatic heterocycles. The Balaban J connectivity index is 1.36. The molecule has 2 aliphatic rings. The third-order valence-corrected chi connectivity index (χ3v) is 5.15. The van der Waals surface area contributed by atoms with Crippen LogP contribution in [-0.4, -0.2) is 47.5 Å². The SMILES string of the molecule is O=C(NCC1CCN(c2ncccn2)CC1)C(=O)NC1CCCCC1. The Bertz CT molecular complexity index is 566.